The highest BCUT2D eigenvalue weighted by Gasteiger charge is 2.35. The van der Waals surface area contributed by atoms with Gasteiger partial charge in [0.05, 0.1) is 12.2 Å². The van der Waals surface area contributed by atoms with Crippen molar-refractivity contribution >= 4 is 28.5 Å². The van der Waals surface area contributed by atoms with Gasteiger partial charge in [-0.05, 0) is 25.1 Å². The fourth-order valence-corrected chi connectivity index (χ4v) is 3.23. The minimum Gasteiger partial charge on any atom is -0.477 e. The van der Waals surface area contributed by atoms with Crippen molar-refractivity contribution in [2.75, 3.05) is 18.5 Å². The number of amides is 2. The molecular weight excluding hydrogens is 332 g/mol. The zero-order valence-corrected chi connectivity index (χ0v) is 14.5. The van der Waals surface area contributed by atoms with Gasteiger partial charge in [-0.2, -0.15) is 0 Å². The molecule has 0 spiro atoms. The zero-order valence-electron chi connectivity index (χ0n) is 14.5. The van der Waals surface area contributed by atoms with E-state index in [2.05, 4.69) is 5.32 Å². The molecule has 1 atom stereocenters. The molecule has 0 fully saturated rings. The van der Waals surface area contributed by atoms with E-state index in [1.54, 1.807) is 30.1 Å². The molecule has 2 aromatic carbocycles. The maximum Gasteiger partial charge on any atom is 0.294 e. The van der Waals surface area contributed by atoms with E-state index in [0.29, 0.717) is 17.0 Å². The highest BCUT2D eigenvalue weighted by atomic mass is 16.5. The number of carbonyl (C=O) groups is 2. The number of furan rings is 1. The summed E-state index contributed by atoms with van der Waals surface area (Å²) in [5, 5.41) is 3.48. The first-order valence-electron chi connectivity index (χ1n) is 8.37. The van der Waals surface area contributed by atoms with Gasteiger partial charge in [0.25, 0.3) is 11.8 Å². The predicted octanol–water partition coefficient (Wildman–Crippen LogP) is 2.90. The highest BCUT2D eigenvalue weighted by Crippen LogP contribution is 2.35. The maximum absolute atomic E-state index is 13.3. The topological polar surface area (TPSA) is 71.8 Å². The summed E-state index contributed by atoms with van der Waals surface area (Å²) >= 11 is 0. The number of aryl methyl sites for hydroxylation is 1. The number of hydrogen-bond donors (Lipinski definition) is 1. The van der Waals surface area contributed by atoms with Gasteiger partial charge in [0.2, 0.25) is 0 Å². The van der Waals surface area contributed by atoms with Crippen LogP contribution in [0.3, 0.4) is 0 Å². The van der Waals surface area contributed by atoms with Gasteiger partial charge in [0, 0.05) is 18.0 Å². The average Bonchev–Trinajstić information content (AvgIpc) is 3.03. The first kappa shape index (κ1) is 16.2. The fraction of sp³-hybridized carbons (Fsp3) is 0.200. The van der Waals surface area contributed by atoms with E-state index in [-0.39, 0.29) is 24.1 Å². The number of nitrogens with zero attached hydrogens (tertiary/aromatic N) is 1. The van der Waals surface area contributed by atoms with E-state index in [9.17, 15) is 9.59 Å². The largest absolute Gasteiger partial charge is 0.477 e. The van der Waals surface area contributed by atoms with E-state index in [1.807, 2.05) is 37.3 Å². The number of likely N-dealkylation sites (N-methyl/N-ethyl adjacent to an activating group) is 1. The van der Waals surface area contributed by atoms with Gasteiger partial charge < -0.3 is 14.5 Å². The predicted molar refractivity (Wildman–Crippen MR) is 97.6 cm³/mol. The number of rotatable bonds is 2. The molecule has 0 bridgehead atoms. The molecule has 4 rings (SSSR count). The van der Waals surface area contributed by atoms with Crippen molar-refractivity contribution in [1.29, 1.82) is 0 Å². The summed E-state index contributed by atoms with van der Waals surface area (Å²) in [6, 6.07) is 14.7. The average molecular weight is 350 g/mol. The molecule has 0 saturated heterocycles. The maximum atomic E-state index is 13.3. The Balaban J connectivity index is 1.78. The molecule has 6 nitrogen and oxygen atoms in total. The fourth-order valence-electron chi connectivity index (χ4n) is 3.23. The zero-order chi connectivity index (χ0) is 18.3. The SMILES string of the molecule is CNC(=O)[C@@H]1CN(C(=O)c2oc3ccccc3c2C)c2ccccc2O1. The third-order valence-electron chi connectivity index (χ3n) is 4.60. The number of hydrogen-bond acceptors (Lipinski definition) is 4. The number of benzene rings is 2. The molecule has 0 saturated carbocycles. The van der Waals surface area contributed by atoms with Crippen LogP contribution in [0.4, 0.5) is 5.69 Å². The smallest absolute Gasteiger partial charge is 0.294 e. The molecule has 0 aliphatic carbocycles. The Bertz CT molecular complexity index is 1010. The number of para-hydroxylation sites is 3. The van der Waals surface area contributed by atoms with Crippen LogP contribution in [-0.4, -0.2) is 31.5 Å². The second-order valence-corrected chi connectivity index (χ2v) is 6.16. The summed E-state index contributed by atoms with van der Waals surface area (Å²) in [7, 11) is 1.54. The standard InChI is InChI=1S/C20H18N2O4/c1-12-13-7-3-5-9-15(13)26-18(12)20(24)22-11-17(19(23)21-2)25-16-10-6-4-8-14(16)22/h3-10,17H,11H2,1-2H3,(H,21,23)/t17-/m0/s1. The van der Waals surface area contributed by atoms with Crippen molar-refractivity contribution in [3.05, 3.63) is 59.9 Å². The number of anilines is 1. The molecule has 6 heteroatoms. The van der Waals surface area contributed by atoms with Gasteiger partial charge in [-0.1, -0.05) is 30.3 Å². The summed E-state index contributed by atoms with van der Waals surface area (Å²) in [5.41, 5.74) is 2.07. The molecule has 26 heavy (non-hydrogen) atoms. The van der Waals surface area contributed by atoms with E-state index in [4.69, 9.17) is 9.15 Å². The lowest BCUT2D eigenvalue weighted by molar-refractivity contribution is -0.127. The van der Waals surface area contributed by atoms with E-state index in [1.165, 1.54) is 0 Å². The van der Waals surface area contributed by atoms with Crippen molar-refractivity contribution in [3.63, 3.8) is 0 Å². The van der Waals surface area contributed by atoms with Crippen LogP contribution in [0.2, 0.25) is 0 Å². The van der Waals surface area contributed by atoms with Crippen LogP contribution >= 0.6 is 0 Å². The van der Waals surface area contributed by atoms with E-state index >= 15 is 0 Å². The molecule has 2 heterocycles. The van der Waals surface area contributed by atoms with Crippen LogP contribution < -0.4 is 15.0 Å². The molecule has 0 radical (unpaired) electrons. The number of fused-ring (bicyclic) bond motifs is 2. The van der Waals surface area contributed by atoms with Crippen molar-refractivity contribution in [2.24, 2.45) is 0 Å². The number of ether oxygens (including phenoxy) is 1. The van der Waals surface area contributed by atoms with Crippen molar-refractivity contribution in [2.45, 2.75) is 13.0 Å². The quantitative estimate of drug-likeness (QED) is 0.771. The Morgan fingerprint density at radius 1 is 1.12 bits per heavy atom. The van der Waals surface area contributed by atoms with Gasteiger partial charge in [0.1, 0.15) is 11.3 Å². The second-order valence-electron chi connectivity index (χ2n) is 6.16. The number of carbonyl (C=O) groups excluding carboxylic acids is 2. The summed E-state index contributed by atoms with van der Waals surface area (Å²) in [6.07, 6.45) is -0.775. The van der Waals surface area contributed by atoms with Crippen LogP contribution in [0.15, 0.2) is 52.9 Å². The summed E-state index contributed by atoms with van der Waals surface area (Å²) < 4.78 is 11.6. The molecular formula is C20H18N2O4. The molecule has 3 aromatic rings. The molecule has 1 aliphatic rings. The minimum absolute atomic E-state index is 0.117. The summed E-state index contributed by atoms with van der Waals surface area (Å²) in [5.74, 6) is 0.204. The van der Waals surface area contributed by atoms with Crippen molar-refractivity contribution < 1.29 is 18.7 Å². The monoisotopic (exact) mass is 350 g/mol. The lowest BCUT2D eigenvalue weighted by Crippen LogP contribution is -2.50. The molecule has 1 aliphatic heterocycles. The first-order valence-corrected chi connectivity index (χ1v) is 8.37. The molecule has 1 aromatic heterocycles. The van der Waals surface area contributed by atoms with Gasteiger partial charge in [-0.25, -0.2) is 0 Å². The summed E-state index contributed by atoms with van der Waals surface area (Å²) in [4.78, 5) is 26.9. The van der Waals surface area contributed by atoms with E-state index < -0.39 is 6.10 Å². The first-order chi connectivity index (χ1) is 12.6. The third kappa shape index (κ3) is 2.50. The van der Waals surface area contributed by atoms with Crippen LogP contribution in [0.1, 0.15) is 16.1 Å². The Morgan fingerprint density at radius 2 is 1.85 bits per heavy atom. The lowest BCUT2D eigenvalue weighted by Gasteiger charge is -2.33. The van der Waals surface area contributed by atoms with Crippen molar-refractivity contribution in [3.8, 4) is 5.75 Å². The van der Waals surface area contributed by atoms with Crippen LogP contribution in [0.5, 0.6) is 5.75 Å². The van der Waals surface area contributed by atoms with Crippen LogP contribution in [0.25, 0.3) is 11.0 Å². The van der Waals surface area contributed by atoms with Gasteiger partial charge in [0.15, 0.2) is 11.9 Å². The second kappa shape index (κ2) is 6.22. The van der Waals surface area contributed by atoms with E-state index in [0.717, 1.165) is 10.9 Å². The number of nitrogens with one attached hydrogen (secondary N) is 1. The molecule has 1 N–H and O–H groups in total. The Hall–Kier alpha value is -3.28. The Kier molecular flexibility index (Phi) is 3.88. The van der Waals surface area contributed by atoms with Crippen LogP contribution in [0, 0.1) is 6.92 Å². The lowest BCUT2D eigenvalue weighted by atomic mass is 10.1. The van der Waals surface area contributed by atoms with Crippen LogP contribution in [-0.2, 0) is 4.79 Å². The van der Waals surface area contributed by atoms with Crippen molar-refractivity contribution in [1.82, 2.24) is 5.32 Å². The summed E-state index contributed by atoms with van der Waals surface area (Å²) in [6.45, 7) is 1.98. The Labute approximate surface area is 150 Å². The highest BCUT2D eigenvalue weighted by molar-refractivity contribution is 6.09. The normalized spacial score (nSPS) is 16.1. The molecule has 2 amide bonds. The minimum atomic E-state index is -0.775. The van der Waals surface area contributed by atoms with Gasteiger partial charge in [-0.3, -0.25) is 14.5 Å². The molecule has 0 unspecified atom stereocenters. The Morgan fingerprint density at radius 3 is 2.62 bits per heavy atom. The third-order valence-corrected chi connectivity index (χ3v) is 4.60. The van der Waals surface area contributed by atoms with Gasteiger partial charge in [-0.15, -0.1) is 0 Å². The molecule has 132 valence electrons. The van der Waals surface area contributed by atoms with Gasteiger partial charge >= 0.3 is 0 Å².